The highest BCUT2D eigenvalue weighted by Crippen LogP contribution is 2.22. The summed E-state index contributed by atoms with van der Waals surface area (Å²) < 4.78 is 1.66. The summed E-state index contributed by atoms with van der Waals surface area (Å²) in [5, 5.41) is 7.34. The van der Waals surface area contributed by atoms with Crippen molar-refractivity contribution in [3.63, 3.8) is 0 Å². The predicted molar refractivity (Wildman–Crippen MR) is 73.0 cm³/mol. The number of aromatic nitrogens is 3. The van der Waals surface area contributed by atoms with Crippen LogP contribution >= 0.6 is 11.3 Å². The molecule has 5 nitrogen and oxygen atoms in total. The molecule has 0 aliphatic carbocycles. The highest BCUT2D eigenvalue weighted by atomic mass is 32.1. The molecule has 0 unspecified atom stereocenters. The first-order valence-electron chi connectivity index (χ1n) is 6.39. The van der Waals surface area contributed by atoms with Gasteiger partial charge in [-0.15, -0.1) is 11.3 Å². The lowest BCUT2D eigenvalue weighted by Gasteiger charge is -2.14. The number of thiazole rings is 1. The Kier molecular flexibility index (Phi) is 3.33. The fourth-order valence-corrected chi connectivity index (χ4v) is 3.21. The minimum absolute atomic E-state index is 0.0437. The Morgan fingerprint density at radius 3 is 3.16 bits per heavy atom. The maximum absolute atomic E-state index is 12.2. The number of carbonyl (C=O) groups excluding carboxylic acids is 1. The Hall–Kier alpha value is -1.69. The second-order valence-corrected chi connectivity index (χ2v) is 5.89. The molecule has 0 radical (unpaired) electrons. The molecular formula is C13H16N4OS. The second kappa shape index (κ2) is 5.13. The quantitative estimate of drug-likeness (QED) is 0.855. The Labute approximate surface area is 115 Å². The first-order chi connectivity index (χ1) is 9.22. The van der Waals surface area contributed by atoms with Crippen LogP contribution in [0.3, 0.4) is 0 Å². The highest BCUT2D eigenvalue weighted by molar-refractivity contribution is 7.09. The van der Waals surface area contributed by atoms with Crippen molar-refractivity contribution in [1.29, 1.82) is 0 Å². The first-order valence-corrected chi connectivity index (χ1v) is 7.27. The molecule has 0 aromatic carbocycles. The van der Waals surface area contributed by atoms with Gasteiger partial charge in [-0.1, -0.05) is 0 Å². The number of nitrogens with zero attached hydrogens (tertiary/aromatic N) is 4. The number of aryl methyl sites for hydroxylation is 1. The van der Waals surface area contributed by atoms with E-state index in [2.05, 4.69) is 10.1 Å². The minimum atomic E-state index is 0.0437. The summed E-state index contributed by atoms with van der Waals surface area (Å²) in [7, 11) is 1.83. The summed E-state index contributed by atoms with van der Waals surface area (Å²) in [5.41, 5.74) is 0.539. The number of rotatable bonds is 3. The fraction of sp³-hybridized carbons (Fsp3) is 0.462. The van der Waals surface area contributed by atoms with E-state index in [1.54, 1.807) is 28.3 Å². The van der Waals surface area contributed by atoms with E-state index < -0.39 is 0 Å². The number of carbonyl (C=O) groups is 1. The third-order valence-electron chi connectivity index (χ3n) is 3.45. The molecule has 1 atom stereocenters. The van der Waals surface area contributed by atoms with E-state index in [-0.39, 0.29) is 5.91 Å². The molecule has 1 saturated heterocycles. The van der Waals surface area contributed by atoms with Gasteiger partial charge in [0.2, 0.25) is 0 Å². The maximum atomic E-state index is 12.2. The molecule has 1 amide bonds. The van der Waals surface area contributed by atoms with Crippen LogP contribution in [-0.4, -0.2) is 38.7 Å². The SMILES string of the molecule is Cn1ccc(C(=O)N2CC[C@H](Cc3nccs3)C2)n1. The van der Waals surface area contributed by atoms with Crippen molar-refractivity contribution in [2.45, 2.75) is 12.8 Å². The summed E-state index contributed by atoms with van der Waals surface area (Å²) in [6.07, 6.45) is 5.67. The van der Waals surface area contributed by atoms with Gasteiger partial charge in [0.15, 0.2) is 0 Å². The maximum Gasteiger partial charge on any atom is 0.274 e. The van der Waals surface area contributed by atoms with E-state index in [1.165, 1.54) is 0 Å². The van der Waals surface area contributed by atoms with Gasteiger partial charge in [-0.25, -0.2) is 4.98 Å². The third-order valence-corrected chi connectivity index (χ3v) is 4.25. The standard InChI is InChI=1S/C13H16N4OS/c1-16-5-3-11(15-16)13(18)17-6-2-10(9-17)8-12-14-4-7-19-12/h3-5,7,10H,2,6,8-9H2,1H3/t10-/m1/s1. The van der Waals surface area contributed by atoms with Crippen molar-refractivity contribution >= 4 is 17.2 Å². The molecule has 0 N–H and O–H groups in total. The molecule has 0 spiro atoms. The lowest BCUT2D eigenvalue weighted by molar-refractivity contribution is 0.0780. The lowest BCUT2D eigenvalue weighted by atomic mass is 10.1. The van der Waals surface area contributed by atoms with E-state index in [0.717, 1.165) is 30.9 Å². The minimum Gasteiger partial charge on any atom is -0.337 e. The van der Waals surface area contributed by atoms with Gasteiger partial charge in [0.05, 0.1) is 5.01 Å². The zero-order valence-corrected chi connectivity index (χ0v) is 11.6. The summed E-state index contributed by atoms with van der Waals surface area (Å²) in [6.45, 7) is 1.64. The van der Waals surface area contributed by atoms with Gasteiger partial charge in [-0.2, -0.15) is 5.10 Å². The molecule has 0 saturated carbocycles. The number of hydrogen-bond donors (Lipinski definition) is 0. The van der Waals surface area contributed by atoms with Crippen LogP contribution in [0.25, 0.3) is 0 Å². The topological polar surface area (TPSA) is 51.0 Å². The summed E-state index contributed by atoms with van der Waals surface area (Å²) >= 11 is 1.69. The van der Waals surface area contributed by atoms with Gasteiger partial charge in [0.25, 0.3) is 5.91 Å². The molecule has 1 aliphatic heterocycles. The number of amides is 1. The fourth-order valence-electron chi connectivity index (χ4n) is 2.48. The first kappa shape index (κ1) is 12.3. The Balaban J connectivity index is 1.61. The third kappa shape index (κ3) is 2.68. The van der Waals surface area contributed by atoms with Crippen molar-refractivity contribution in [2.24, 2.45) is 13.0 Å². The molecule has 1 aliphatic rings. The summed E-state index contributed by atoms with van der Waals surface area (Å²) in [6, 6.07) is 1.77. The Morgan fingerprint density at radius 1 is 1.58 bits per heavy atom. The van der Waals surface area contributed by atoms with Crippen LogP contribution in [0.15, 0.2) is 23.8 Å². The van der Waals surface area contributed by atoms with Crippen LogP contribution in [0.4, 0.5) is 0 Å². The zero-order valence-electron chi connectivity index (χ0n) is 10.8. The molecule has 1 fully saturated rings. The van der Waals surface area contributed by atoms with Crippen molar-refractivity contribution in [3.05, 3.63) is 34.5 Å². The Bertz CT molecular complexity index is 563. The zero-order chi connectivity index (χ0) is 13.2. The van der Waals surface area contributed by atoms with Crippen LogP contribution in [0, 0.1) is 5.92 Å². The van der Waals surface area contributed by atoms with E-state index in [4.69, 9.17) is 0 Å². The van der Waals surface area contributed by atoms with Gasteiger partial charge in [-0.3, -0.25) is 9.48 Å². The van der Waals surface area contributed by atoms with Crippen molar-refractivity contribution in [2.75, 3.05) is 13.1 Å². The summed E-state index contributed by atoms with van der Waals surface area (Å²) in [5.74, 6) is 0.570. The van der Waals surface area contributed by atoms with E-state index in [9.17, 15) is 4.79 Å². The van der Waals surface area contributed by atoms with E-state index in [1.807, 2.05) is 23.5 Å². The van der Waals surface area contributed by atoms with Gasteiger partial charge in [0, 0.05) is 44.3 Å². The molecule has 2 aromatic heterocycles. The molecule has 3 heterocycles. The molecular weight excluding hydrogens is 260 g/mol. The molecule has 19 heavy (non-hydrogen) atoms. The largest absolute Gasteiger partial charge is 0.337 e. The Morgan fingerprint density at radius 2 is 2.47 bits per heavy atom. The lowest BCUT2D eigenvalue weighted by Crippen LogP contribution is -2.29. The average Bonchev–Trinajstić information content (AvgIpc) is 3.10. The van der Waals surface area contributed by atoms with Crippen LogP contribution in [0.1, 0.15) is 21.9 Å². The predicted octanol–water partition coefficient (Wildman–Crippen LogP) is 1.58. The van der Waals surface area contributed by atoms with Crippen molar-refractivity contribution in [3.8, 4) is 0 Å². The molecule has 100 valence electrons. The monoisotopic (exact) mass is 276 g/mol. The number of likely N-dealkylation sites (tertiary alicyclic amines) is 1. The van der Waals surface area contributed by atoms with Crippen molar-refractivity contribution < 1.29 is 4.79 Å². The molecule has 2 aromatic rings. The van der Waals surface area contributed by atoms with Crippen LogP contribution < -0.4 is 0 Å². The molecule has 3 rings (SSSR count). The second-order valence-electron chi connectivity index (χ2n) is 4.91. The number of hydrogen-bond acceptors (Lipinski definition) is 4. The van der Waals surface area contributed by atoms with Gasteiger partial charge < -0.3 is 4.90 Å². The van der Waals surface area contributed by atoms with Gasteiger partial charge in [-0.05, 0) is 18.4 Å². The van der Waals surface area contributed by atoms with Crippen molar-refractivity contribution in [1.82, 2.24) is 19.7 Å². The average molecular weight is 276 g/mol. The molecule has 6 heteroatoms. The van der Waals surface area contributed by atoms with Crippen LogP contribution in [-0.2, 0) is 13.5 Å². The van der Waals surface area contributed by atoms with Crippen LogP contribution in [0.2, 0.25) is 0 Å². The molecule has 0 bridgehead atoms. The van der Waals surface area contributed by atoms with E-state index >= 15 is 0 Å². The highest BCUT2D eigenvalue weighted by Gasteiger charge is 2.28. The van der Waals surface area contributed by atoms with E-state index in [0.29, 0.717) is 11.6 Å². The van der Waals surface area contributed by atoms with Gasteiger partial charge in [0.1, 0.15) is 5.69 Å². The smallest absolute Gasteiger partial charge is 0.274 e. The van der Waals surface area contributed by atoms with Gasteiger partial charge >= 0.3 is 0 Å². The normalized spacial score (nSPS) is 19.0. The summed E-state index contributed by atoms with van der Waals surface area (Å²) in [4.78, 5) is 18.5. The van der Waals surface area contributed by atoms with Crippen LogP contribution in [0.5, 0.6) is 0 Å².